The molecule has 2 aromatic heterocycles. The van der Waals surface area contributed by atoms with E-state index in [0.29, 0.717) is 33.1 Å². The van der Waals surface area contributed by atoms with Crippen molar-refractivity contribution in [3.8, 4) is 22.3 Å². The molecule has 0 aliphatic rings. The Balaban J connectivity index is 1.55. The monoisotopic (exact) mass is 575 g/mol. The van der Waals surface area contributed by atoms with Crippen molar-refractivity contribution in [2.45, 2.75) is 0 Å². The Morgan fingerprint density at radius 2 is 1.00 bits per heavy atom. The number of fused-ring (bicyclic) bond motifs is 10. The van der Waals surface area contributed by atoms with Crippen LogP contribution in [-0.4, -0.2) is 0 Å². The average Bonchev–Trinajstić information content (AvgIpc) is 3.81. The van der Waals surface area contributed by atoms with Crippen molar-refractivity contribution < 1.29 is 29.4 Å². The zero-order valence-electron chi connectivity index (χ0n) is 37.5. The third-order valence-corrected chi connectivity index (χ3v) is 8.21. The van der Waals surface area contributed by atoms with Gasteiger partial charge in [0.2, 0.25) is 0 Å². The van der Waals surface area contributed by atoms with Crippen molar-refractivity contribution in [1.82, 2.24) is 0 Å². The standard InChI is InChI=1S/C42H24O2/c1-2-13-26-25(11-1)12-9-19-28(26)38-29-15-3-5-17-31(29)39(32-18-6-4-16-30(32)38)34-20-10-22-36-40(34)41-37(43-36)24-23-33-27-14-7-8-21-35(27)44-42(33)41/h1-24H/i1D,2D,3D,4D,5D,6D,9D,11D,12D,13D,15D,16D,17D,18D,19D. The van der Waals surface area contributed by atoms with Gasteiger partial charge >= 0.3 is 0 Å². The summed E-state index contributed by atoms with van der Waals surface area (Å²) in [7, 11) is 0. The lowest BCUT2D eigenvalue weighted by Crippen LogP contribution is -1.92. The number of furan rings is 2. The second-order valence-corrected chi connectivity index (χ2v) is 10.4. The van der Waals surface area contributed by atoms with Gasteiger partial charge in [0.15, 0.2) is 0 Å². The van der Waals surface area contributed by atoms with Crippen LogP contribution in [0.25, 0.3) is 98.4 Å². The second-order valence-electron chi connectivity index (χ2n) is 10.4. The zero-order chi connectivity index (χ0) is 41.8. The Kier molecular flexibility index (Phi) is 2.73. The minimum Gasteiger partial charge on any atom is -0.456 e. The largest absolute Gasteiger partial charge is 0.456 e. The maximum Gasteiger partial charge on any atom is 0.147 e. The van der Waals surface area contributed by atoms with E-state index in [1.54, 1.807) is 24.3 Å². The maximum atomic E-state index is 9.48. The smallest absolute Gasteiger partial charge is 0.147 e. The van der Waals surface area contributed by atoms with Crippen molar-refractivity contribution in [2.24, 2.45) is 0 Å². The third-order valence-electron chi connectivity index (χ3n) is 8.21. The molecule has 0 saturated heterocycles. The van der Waals surface area contributed by atoms with Crippen LogP contribution in [0, 0.1) is 0 Å². The van der Waals surface area contributed by atoms with E-state index in [1.807, 2.05) is 30.3 Å². The van der Waals surface area contributed by atoms with E-state index >= 15 is 0 Å². The van der Waals surface area contributed by atoms with E-state index < -0.39 is 107 Å². The quantitative estimate of drug-likeness (QED) is 0.192. The molecule has 0 aliphatic carbocycles. The molecule has 44 heavy (non-hydrogen) atoms. The molecule has 10 rings (SSSR count). The van der Waals surface area contributed by atoms with Gasteiger partial charge in [-0.3, -0.25) is 0 Å². The van der Waals surface area contributed by atoms with E-state index in [4.69, 9.17) is 22.5 Å². The molecule has 0 amide bonds. The highest BCUT2D eigenvalue weighted by Crippen LogP contribution is 2.49. The van der Waals surface area contributed by atoms with Crippen LogP contribution in [0.5, 0.6) is 0 Å². The van der Waals surface area contributed by atoms with Gasteiger partial charge in [0.25, 0.3) is 0 Å². The number of hydrogen-bond acceptors (Lipinski definition) is 2. The normalized spacial score (nSPS) is 16.9. The van der Waals surface area contributed by atoms with Crippen LogP contribution in [-0.2, 0) is 0 Å². The van der Waals surface area contributed by atoms with Gasteiger partial charge in [0.1, 0.15) is 22.3 Å². The zero-order valence-corrected chi connectivity index (χ0v) is 22.5. The fourth-order valence-corrected chi connectivity index (χ4v) is 6.44. The molecule has 2 nitrogen and oxygen atoms in total. The van der Waals surface area contributed by atoms with Crippen LogP contribution in [0.1, 0.15) is 20.6 Å². The van der Waals surface area contributed by atoms with Crippen LogP contribution in [0.4, 0.5) is 0 Å². The molecule has 0 saturated carbocycles. The number of hydrogen-bond donors (Lipinski definition) is 0. The molecule has 204 valence electrons. The van der Waals surface area contributed by atoms with Crippen LogP contribution >= 0.6 is 0 Å². The lowest BCUT2D eigenvalue weighted by molar-refractivity contribution is 0.663. The van der Waals surface area contributed by atoms with E-state index in [0.717, 1.165) is 10.8 Å². The van der Waals surface area contributed by atoms with Crippen LogP contribution in [0.2, 0.25) is 0 Å². The van der Waals surface area contributed by atoms with Crippen LogP contribution in [0.3, 0.4) is 0 Å². The summed E-state index contributed by atoms with van der Waals surface area (Å²) in [6.07, 6.45) is 0. The third kappa shape index (κ3) is 3.14. The van der Waals surface area contributed by atoms with Gasteiger partial charge in [-0.25, -0.2) is 0 Å². The predicted molar refractivity (Wildman–Crippen MR) is 184 cm³/mol. The molecule has 0 bridgehead atoms. The number of rotatable bonds is 2. The summed E-state index contributed by atoms with van der Waals surface area (Å²) >= 11 is 0. The van der Waals surface area contributed by atoms with Crippen LogP contribution < -0.4 is 0 Å². The Labute approximate surface area is 273 Å². The SMILES string of the molecule is [2H]c1c([2H])c([2H])c2c(-c3c4c([2H])c([2H])c([2H])c([2H])c4c(-c4cccc5oc6ccc7c8ccccc8oc7c6c45)c4c([2H])c([2H])c([2H])c([2H])c34)c([2H])c([2H])c([2H])c2c1[2H]. The van der Waals surface area contributed by atoms with E-state index in [9.17, 15) is 6.85 Å². The molecule has 0 fully saturated rings. The predicted octanol–water partition coefficient (Wildman–Crippen LogP) is 12.3. The maximum absolute atomic E-state index is 9.48. The molecule has 2 heteroatoms. The molecule has 0 radical (unpaired) electrons. The summed E-state index contributed by atoms with van der Waals surface area (Å²) in [6.45, 7) is 0. The number of para-hydroxylation sites is 1. The number of benzene rings is 8. The Morgan fingerprint density at radius 1 is 0.386 bits per heavy atom. The van der Waals surface area contributed by atoms with Gasteiger partial charge in [-0.15, -0.1) is 0 Å². The molecule has 0 aliphatic heterocycles. The van der Waals surface area contributed by atoms with Crippen molar-refractivity contribution in [3.05, 3.63) is 145 Å². The summed E-state index contributed by atoms with van der Waals surface area (Å²) in [4.78, 5) is 0. The van der Waals surface area contributed by atoms with Gasteiger partial charge in [-0.05, 0) is 78.8 Å². The molecule has 0 atom stereocenters. The summed E-state index contributed by atoms with van der Waals surface area (Å²) in [5.41, 5.74) is 1.17. The molecular weight excluding hydrogens is 536 g/mol. The molecule has 8 aromatic carbocycles. The molecule has 2 heterocycles. The Bertz CT molecular complexity index is 3540. The summed E-state index contributed by atoms with van der Waals surface area (Å²) in [5, 5.41) is 0.506. The minimum absolute atomic E-state index is 0.0277. The minimum atomic E-state index is -0.769. The molecule has 0 spiro atoms. The van der Waals surface area contributed by atoms with E-state index in [2.05, 4.69) is 0 Å². The summed E-state index contributed by atoms with van der Waals surface area (Å²) in [6, 6.07) is 5.59. The van der Waals surface area contributed by atoms with Crippen molar-refractivity contribution >= 4 is 76.2 Å². The topological polar surface area (TPSA) is 26.3 Å². The fourth-order valence-electron chi connectivity index (χ4n) is 6.44. The van der Waals surface area contributed by atoms with Gasteiger partial charge in [0, 0.05) is 16.2 Å². The lowest BCUT2D eigenvalue weighted by Gasteiger charge is -2.19. The first-order valence-electron chi connectivity index (χ1n) is 21.3. The first-order chi connectivity index (χ1) is 28.1. The molecular formula is C42H24O2. The van der Waals surface area contributed by atoms with Crippen LogP contribution in [0.15, 0.2) is 154 Å². The molecule has 10 aromatic rings. The Hall–Kier alpha value is -5.86. The van der Waals surface area contributed by atoms with Crippen molar-refractivity contribution in [3.63, 3.8) is 0 Å². The average molecular weight is 576 g/mol. The highest BCUT2D eigenvalue weighted by Gasteiger charge is 2.23. The van der Waals surface area contributed by atoms with E-state index in [-0.39, 0.29) is 38.2 Å². The summed E-state index contributed by atoms with van der Waals surface area (Å²) in [5.74, 6) is 0. The lowest BCUT2D eigenvalue weighted by atomic mass is 9.84. The first-order valence-corrected chi connectivity index (χ1v) is 13.8. The first kappa shape index (κ1) is 13.6. The molecule has 0 N–H and O–H groups in total. The Morgan fingerprint density at radius 3 is 1.77 bits per heavy atom. The van der Waals surface area contributed by atoms with Gasteiger partial charge in [0.05, 0.1) is 25.9 Å². The van der Waals surface area contributed by atoms with Gasteiger partial charge < -0.3 is 8.83 Å². The van der Waals surface area contributed by atoms with Crippen molar-refractivity contribution in [2.75, 3.05) is 0 Å². The highest BCUT2D eigenvalue weighted by atomic mass is 16.3. The van der Waals surface area contributed by atoms with Crippen molar-refractivity contribution in [1.29, 1.82) is 0 Å². The second kappa shape index (κ2) is 8.82. The fraction of sp³-hybridized carbons (Fsp3) is 0. The molecule has 0 unspecified atom stereocenters. The highest BCUT2D eigenvalue weighted by molar-refractivity contribution is 6.30. The van der Waals surface area contributed by atoms with E-state index in [1.165, 1.54) is 0 Å². The van der Waals surface area contributed by atoms with Gasteiger partial charge in [-0.1, -0.05) is 121 Å². The van der Waals surface area contributed by atoms with Gasteiger partial charge in [-0.2, -0.15) is 0 Å². The summed E-state index contributed by atoms with van der Waals surface area (Å²) < 4.78 is 148.